The zero-order chi connectivity index (χ0) is 21.7. The van der Waals surface area contributed by atoms with Crippen LogP contribution < -0.4 is 16.1 Å². The fraction of sp³-hybridized carbons (Fsp3) is 0.778. The first-order valence-electron chi connectivity index (χ1n) is 9.58. The van der Waals surface area contributed by atoms with Crippen molar-refractivity contribution in [2.75, 3.05) is 6.54 Å². The first-order chi connectivity index (χ1) is 12.9. The number of carbonyl (C=O) groups excluding carboxylic acids is 3. The van der Waals surface area contributed by atoms with Gasteiger partial charge in [0.1, 0.15) is 12.3 Å². The first-order valence-corrected chi connectivity index (χ1v) is 9.58. The molecule has 0 aromatic rings. The first kappa shape index (κ1) is 29.8. The second-order valence-corrected chi connectivity index (χ2v) is 5.07. The van der Waals surface area contributed by atoms with Gasteiger partial charge in [0.15, 0.2) is 0 Å². The molecule has 5 N–H and O–H groups in total. The summed E-state index contributed by atoms with van der Waals surface area (Å²) in [5.74, 6) is -1.84. The SMILES string of the molecule is CC.CC.CCC(=O)N[C@@H](CCC(=O)NCCCCC(C=O)NO)C(=O)O. The lowest BCUT2D eigenvalue weighted by Gasteiger charge is -2.14. The Labute approximate surface area is 162 Å². The molecule has 9 nitrogen and oxygen atoms in total. The predicted octanol–water partition coefficient (Wildman–Crippen LogP) is 1.63. The molecular weight excluding hydrogens is 354 g/mol. The van der Waals surface area contributed by atoms with E-state index >= 15 is 0 Å². The molecule has 1 unspecified atom stereocenters. The molecule has 27 heavy (non-hydrogen) atoms. The number of hydroxylamine groups is 1. The maximum Gasteiger partial charge on any atom is 0.326 e. The Bertz CT molecular complexity index is 405. The van der Waals surface area contributed by atoms with E-state index in [0.717, 1.165) is 0 Å². The monoisotopic (exact) mass is 391 g/mol. The minimum absolute atomic E-state index is 0.00385. The maximum atomic E-state index is 11.6. The number of hydrogen-bond acceptors (Lipinski definition) is 6. The largest absolute Gasteiger partial charge is 0.480 e. The molecule has 0 aromatic carbocycles. The van der Waals surface area contributed by atoms with Crippen LogP contribution in [-0.4, -0.2) is 53.0 Å². The van der Waals surface area contributed by atoms with Crippen molar-refractivity contribution >= 4 is 24.1 Å². The summed E-state index contributed by atoms with van der Waals surface area (Å²) in [7, 11) is 0. The highest BCUT2D eigenvalue weighted by molar-refractivity contribution is 5.84. The van der Waals surface area contributed by atoms with Gasteiger partial charge in [0, 0.05) is 19.4 Å². The Morgan fingerprint density at radius 3 is 2.04 bits per heavy atom. The number of carboxylic acids is 1. The van der Waals surface area contributed by atoms with Crippen LogP contribution in [0.3, 0.4) is 0 Å². The summed E-state index contributed by atoms with van der Waals surface area (Å²) >= 11 is 0. The van der Waals surface area contributed by atoms with Crippen LogP contribution in [0.1, 0.15) is 73.1 Å². The number of amides is 2. The Balaban J connectivity index is -0.00000134. The molecule has 0 saturated heterocycles. The van der Waals surface area contributed by atoms with E-state index in [4.69, 9.17) is 10.3 Å². The lowest BCUT2D eigenvalue weighted by molar-refractivity contribution is -0.142. The van der Waals surface area contributed by atoms with E-state index in [1.165, 1.54) is 0 Å². The van der Waals surface area contributed by atoms with Gasteiger partial charge in [-0.3, -0.25) is 9.59 Å². The van der Waals surface area contributed by atoms with E-state index < -0.39 is 18.1 Å². The molecule has 0 spiro atoms. The Morgan fingerprint density at radius 1 is 1.00 bits per heavy atom. The summed E-state index contributed by atoms with van der Waals surface area (Å²) in [4.78, 5) is 44.2. The van der Waals surface area contributed by atoms with Gasteiger partial charge in [-0.2, -0.15) is 5.48 Å². The molecule has 2 amide bonds. The van der Waals surface area contributed by atoms with Gasteiger partial charge < -0.3 is 25.7 Å². The van der Waals surface area contributed by atoms with Crippen LogP contribution in [0.15, 0.2) is 0 Å². The zero-order valence-electron chi connectivity index (χ0n) is 17.2. The van der Waals surface area contributed by atoms with Crippen molar-refractivity contribution < 1.29 is 29.5 Å². The molecule has 0 saturated carbocycles. The van der Waals surface area contributed by atoms with E-state index in [0.29, 0.717) is 32.1 Å². The topological polar surface area (TPSA) is 145 Å². The molecule has 0 heterocycles. The molecule has 0 rings (SSSR count). The van der Waals surface area contributed by atoms with Crippen LogP contribution in [0.25, 0.3) is 0 Å². The number of carboxylic acid groups (broad SMARTS) is 1. The fourth-order valence-corrected chi connectivity index (χ4v) is 1.80. The van der Waals surface area contributed by atoms with Crippen molar-refractivity contribution in [3.63, 3.8) is 0 Å². The number of nitrogens with one attached hydrogen (secondary N) is 3. The number of aliphatic carboxylic acids is 1. The molecule has 160 valence electrons. The molecule has 0 aromatic heterocycles. The van der Waals surface area contributed by atoms with Crippen LogP contribution in [0.2, 0.25) is 0 Å². The van der Waals surface area contributed by atoms with Crippen LogP contribution in [-0.2, 0) is 19.2 Å². The zero-order valence-corrected chi connectivity index (χ0v) is 17.2. The highest BCUT2D eigenvalue weighted by atomic mass is 16.5. The molecule has 0 aliphatic rings. The second kappa shape index (κ2) is 22.0. The maximum absolute atomic E-state index is 11.6. The Morgan fingerprint density at radius 2 is 1.59 bits per heavy atom. The van der Waals surface area contributed by atoms with Crippen LogP contribution in [0.4, 0.5) is 0 Å². The minimum atomic E-state index is -1.17. The fourth-order valence-electron chi connectivity index (χ4n) is 1.80. The third-order valence-electron chi connectivity index (χ3n) is 3.21. The van der Waals surface area contributed by atoms with Gasteiger partial charge >= 0.3 is 5.97 Å². The number of aldehydes is 1. The highest BCUT2D eigenvalue weighted by Gasteiger charge is 2.20. The predicted molar refractivity (Wildman–Crippen MR) is 103 cm³/mol. The Kier molecular flexibility index (Phi) is 24.3. The average Bonchev–Trinajstić information content (AvgIpc) is 2.70. The third-order valence-corrected chi connectivity index (χ3v) is 3.21. The van der Waals surface area contributed by atoms with Gasteiger partial charge in [0.25, 0.3) is 0 Å². The van der Waals surface area contributed by atoms with Crippen molar-refractivity contribution in [2.24, 2.45) is 0 Å². The van der Waals surface area contributed by atoms with Crippen molar-refractivity contribution in [1.82, 2.24) is 16.1 Å². The summed E-state index contributed by atoms with van der Waals surface area (Å²) in [6.07, 6.45) is 2.54. The number of hydrogen-bond donors (Lipinski definition) is 5. The third kappa shape index (κ3) is 18.6. The van der Waals surface area contributed by atoms with Crippen LogP contribution in [0, 0.1) is 0 Å². The van der Waals surface area contributed by atoms with E-state index in [-0.39, 0.29) is 31.1 Å². The Hall–Kier alpha value is -2.00. The van der Waals surface area contributed by atoms with Crippen molar-refractivity contribution in [1.29, 1.82) is 0 Å². The molecule has 0 aliphatic heterocycles. The molecule has 0 radical (unpaired) electrons. The summed E-state index contributed by atoms with van der Waals surface area (Å²) in [6.45, 7) is 10.0. The normalized spacial score (nSPS) is 11.5. The van der Waals surface area contributed by atoms with Crippen molar-refractivity contribution in [3.05, 3.63) is 0 Å². The van der Waals surface area contributed by atoms with E-state index in [2.05, 4.69) is 10.6 Å². The minimum Gasteiger partial charge on any atom is -0.480 e. The molecule has 0 fully saturated rings. The summed E-state index contributed by atoms with van der Waals surface area (Å²) in [5.41, 5.74) is 1.87. The molecule has 0 aliphatic carbocycles. The van der Waals surface area contributed by atoms with E-state index in [1.807, 2.05) is 33.2 Å². The average molecular weight is 392 g/mol. The van der Waals surface area contributed by atoms with E-state index in [1.54, 1.807) is 6.92 Å². The number of carbonyl (C=O) groups is 4. The quantitative estimate of drug-likeness (QED) is 0.182. The summed E-state index contributed by atoms with van der Waals surface area (Å²) in [5, 5.41) is 22.5. The standard InChI is InChI=1S/C14H25N3O6.2C2H6/c1-2-12(19)16-11(14(21)22)6-7-13(20)15-8-4-3-5-10(9-18)17-23;2*1-2/h9-11,17,23H,2-8H2,1H3,(H,15,20)(H,16,19)(H,21,22);2*1-2H3/t10?,11-;;/m0../s1. The van der Waals surface area contributed by atoms with Crippen LogP contribution in [0.5, 0.6) is 0 Å². The lowest BCUT2D eigenvalue weighted by Crippen LogP contribution is -2.41. The van der Waals surface area contributed by atoms with Crippen molar-refractivity contribution in [3.8, 4) is 0 Å². The lowest BCUT2D eigenvalue weighted by atomic mass is 10.1. The molecule has 0 bridgehead atoms. The van der Waals surface area contributed by atoms with Gasteiger partial charge in [-0.1, -0.05) is 34.6 Å². The van der Waals surface area contributed by atoms with Crippen molar-refractivity contribution in [2.45, 2.75) is 85.2 Å². The smallest absolute Gasteiger partial charge is 0.326 e. The van der Waals surface area contributed by atoms with Crippen LogP contribution >= 0.6 is 0 Å². The number of unbranched alkanes of at least 4 members (excludes halogenated alkanes) is 1. The van der Waals surface area contributed by atoms with Gasteiger partial charge in [-0.05, 0) is 25.7 Å². The van der Waals surface area contributed by atoms with Gasteiger partial charge in [0.2, 0.25) is 11.8 Å². The summed E-state index contributed by atoms with van der Waals surface area (Å²) in [6, 6.07) is -1.68. The van der Waals surface area contributed by atoms with Gasteiger partial charge in [-0.25, -0.2) is 4.79 Å². The summed E-state index contributed by atoms with van der Waals surface area (Å²) < 4.78 is 0. The molecule has 2 atom stereocenters. The van der Waals surface area contributed by atoms with Gasteiger partial charge in [0.05, 0.1) is 6.04 Å². The molecular formula is C18H37N3O6. The van der Waals surface area contributed by atoms with Gasteiger partial charge in [-0.15, -0.1) is 0 Å². The highest BCUT2D eigenvalue weighted by Crippen LogP contribution is 2.01. The van der Waals surface area contributed by atoms with E-state index in [9.17, 15) is 19.2 Å². The second-order valence-electron chi connectivity index (χ2n) is 5.07. The molecule has 9 heteroatoms. The number of rotatable bonds is 13.